The van der Waals surface area contributed by atoms with Crippen molar-refractivity contribution in [2.24, 2.45) is 0 Å². The average Bonchev–Trinajstić information content (AvgIpc) is 2.61. The van der Waals surface area contributed by atoms with Gasteiger partial charge in [0.1, 0.15) is 0 Å². The van der Waals surface area contributed by atoms with E-state index in [0.29, 0.717) is 5.56 Å². The van der Waals surface area contributed by atoms with E-state index < -0.39 is 17.4 Å². The number of hydrogen-bond acceptors (Lipinski definition) is 4. The van der Waals surface area contributed by atoms with Crippen molar-refractivity contribution in [2.75, 3.05) is 13.2 Å². The van der Waals surface area contributed by atoms with Gasteiger partial charge in [-0.1, -0.05) is 58.4 Å². The number of benzene rings is 2. The second-order valence-electron chi connectivity index (χ2n) is 5.52. The van der Waals surface area contributed by atoms with E-state index in [1.54, 1.807) is 38.1 Å². The molecule has 0 aliphatic rings. The van der Waals surface area contributed by atoms with Crippen molar-refractivity contribution >= 4 is 27.9 Å². The predicted octanol–water partition coefficient (Wildman–Crippen LogP) is 4.06. The van der Waals surface area contributed by atoms with Crippen molar-refractivity contribution in [3.63, 3.8) is 0 Å². The maximum atomic E-state index is 12.9. The Labute approximate surface area is 156 Å². The molecule has 0 N–H and O–H groups in total. The number of rotatable bonds is 7. The first-order chi connectivity index (χ1) is 12.0. The Morgan fingerprint density at radius 2 is 1.40 bits per heavy atom. The number of halogens is 1. The molecule has 0 heterocycles. The number of hydrogen-bond donors (Lipinski definition) is 0. The third-order valence-electron chi connectivity index (χ3n) is 3.90. The zero-order chi connectivity index (χ0) is 18.3. The van der Waals surface area contributed by atoms with Crippen LogP contribution in [0.2, 0.25) is 0 Å². The minimum atomic E-state index is -1.53. The Kier molecular flexibility index (Phi) is 6.76. The largest absolute Gasteiger partial charge is 0.465 e. The first kappa shape index (κ1) is 19.2. The highest BCUT2D eigenvalue weighted by atomic mass is 79.9. The zero-order valence-electron chi connectivity index (χ0n) is 14.3. The summed E-state index contributed by atoms with van der Waals surface area (Å²) in [6, 6.07) is 16.5. The van der Waals surface area contributed by atoms with E-state index in [0.717, 1.165) is 10.0 Å². The summed E-state index contributed by atoms with van der Waals surface area (Å²) in [4.78, 5) is 25.9. The maximum absolute atomic E-state index is 12.9. The van der Waals surface area contributed by atoms with E-state index in [4.69, 9.17) is 9.47 Å². The minimum absolute atomic E-state index is 0.174. The quantitative estimate of drug-likeness (QED) is 0.515. The molecule has 0 saturated heterocycles. The third kappa shape index (κ3) is 4.28. The molecule has 0 spiro atoms. The van der Waals surface area contributed by atoms with Gasteiger partial charge in [0, 0.05) is 10.9 Å². The second-order valence-corrected chi connectivity index (χ2v) is 6.43. The molecule has 4 nitrogen and oxygen atoms in total. The van der Waals surface area contributed by atoms with Gasteiger partial charge in [0.15, 0.2) is 5.41 Å². The highest BCUT2D eigenvalue weighted by Crippen LogP contribution is 2.33. The Bertz CT molecular complexity index is 692. The van der Waals surface area contributed by atoms with E-state index in [-0.39, 0.29) is 19.6 Å². The van der Waals surface area contributed by atoms with Crippen molar-refractivity contribution in [1.82, 2.24) is 0 Å². The molecule has 0 saturated carbocycles. The highest BCUT2D eigenvalue weighted by Gasteiger charge is 2.50. The van der Waals surface area contributed by atoms with Crippen molar-refractivity contribution in [2.45, 2.75) is 25.7 Å². The van der Waals surface area contributed by atoms with Gasteiger partial charge in [0.25, 0.3) is 0 Å². The van der Waals surface area contributed by atoms with Gasteiger partial charge in [-0.25, -0.2) is 0 Å². The summed E-state index contributed by atoms with van der Waals surface area (Å²) in [7, 11) is 0. The first-order valence-electron chi connectivity index (χ1n) is 8.19. The highest BCUT2D eigenvalue weighted by molar-refractivity contribution is 9.10. The molecule has 0 atom stereocenters. The lowest BCUT2D eigenvalue weighted by Gasteiger charge is -2.30. The van der Waals surface area contributed by atoms with Crippen LogP contribution in [0.5, 0.6) is 0 Å². The zero-order valence-corrected chi connectivity index (χ0v) is 15.9. The smallest absolute Gasteiger partial charge is 0.328 e. The Morgan fingerprint density at radius 1 is 0.880 bits per heavy atom. The van der Waals surface area contributed by atoms with Crippen LogP contribution in [0.25, 0.3) is 0 Å². The van der Waals surface area contributed by atoms with E-state index in [1.807, 2.05) is 30.3 Å². The van der Waals surface area contributed by atoms with Crippen LogP contribution in [-0.4, -0.2) is 25.2 Å². The average molecular weight is 405 g/mol. The van der Waals surface area contributed by atoms with E-state index in [2.05, 4.69) is 15.9 Å². The summed E-state index contributed by atoms with van der Waals surface area (Å²) in [6.45, 7) is 3.81. The molecule has 0 aliphatic carbocycles. The molecule has 2 aromatic carbocycles. The Hall–Kier alpha value is -2.14. The van der Waals surface area contributed by atoms with Crippen LogP contribution in [-0.2, 0) is 30.9 Å². The lowest BCUT2D eigenvalue weighted by atomic mass is 9.75. The predicted molar refractivity (Wildman–Crippen MR) is 99.2 cm³/mol. The second kappa shape index (κ2) is 8.81. The van der Waals surface area contributed by atoms with E-state index in [1.165, 1.54) is 0 Å². The first-order valence-corrected chi connectivity index (χ1v) is 8.98. The normalized spacial score (nSPS) is 11.0. The van der Waals surface area contributed by atoms with Crippen molar-refractivity contribution in [3.8, 4) is 0 Å². The van der Waals surface area contributed by atoms with Crippen LogP contribution in [0.15, 0.2) is 59.1 Å². The van der Waals surface area contributed by atoms with Crippen molar-refractivity contribution < 1.29 is 19.1 Å². The van der Waals surface area contributed by atoms with E-state index in [9.17, 15) is 9.59 Å². The van der Waals surface area contributed by atoms with Crippen LogP contribution in [0.1, 0.15) is 25.0 Å². The summed E-state index contributed by atoms with van der Waals surface area (Å²) in [5.41, 5.74) is -0.128. The molecule has 2 aromatic rings. The SMILES string of the molecule is CCOC(=O)C(Cc1ccccc1)(C(=O)OCC)c1ccc(Br)cc1. The van der Waals surface area contributed by atoms with Crippen molar-refractivity contribution in [1.29, 1.82) is 0 Å². The van der Waals surface area contributed by atoms with Gasteiger partial charge in [-0.3, -0.25) is 9.59 Å². The number of ether oxygens (including phenoxy) is 2. The summed E-state index contributed by atoms with van der Waals surface area (Å²) in [5, 5.41) is 0. The molecule has 5 heteroatoms. The van der Waals surface area contributed by atoms with Crippen LogP contribution in [0.4, 0.5) is 0 Å². The van der Waals surface area contributed by atoms with Gasteiger partial charge in [-0.05, 0) is 37.1 Å². The fourth-order valence-electron chi connectivity index (χ4n) is 2.71. The topological polar surface area (TPSA) is 52.6 Å². The molecular weight excluding hydrogens is 384 g/mol. The fourth-order valence-corrected chi connectivity index (χ4v) is 2.97. The van der Waals surface area contributed by atoms with Gasteiger partial charge in [-0.15, -0.1) is 0 Å². The molecular formula is C20H21BrO4. The van der Waals surface area contributed by atoms with Gasteiger partial charge >= 0.3 is 11.9 Å². The summed E-state index contributed by atoms with van der Waals surface area (Å²) in [5.74, 6) is -1.20. The Balaban J connectivity index is 2.61. The van der Waals surface area contributed by atoms with Crippen LogP contribution >= 0.6 is 15.9 Å². The minimum Gasteiger partial charge on any atom is -0.465 e. The van der Waals surface area contributed by atoms with Crippen molar-refractivity contribution in [3.05, 3.63) is 70.2 Å². The number of carbonyl (C=O) groups excluding carboxylic acids is 2. The van der Waals surface area contributed by atoms with E-state index >= 15 is 0 Å². The molecule has 0 aromatic heterocycles. The summed E-state index contributed by atoms with van der Waals surface area (Å²) < 4.78 is 11.4. The van der Waals surface area contributed by atoms with Gasteiger partial charge in [0.05, 0.1) is 13.2 Å². The molecule has 0 fully saturated rings. The molecule has 0 aliphatic heterocycles. The van der Waals surface area contributed by atoms with Crippen LogP contribution < -0.4 is 0 Å². The molecule has 132 valence electrons. The summed E-state index contributed by atoms with van der Waals surface area (Å²) in [6.07, 6.45) is 0.174. The van der Waals surface area contributed by atoms with Gasteiger partial charge < -0.3 is 9.47 Å². The number of esters is 2. The fraction of sp³-hybridized carbons (Fsp3) is 0.300. The monoisotopic (exact) mass is 404 g/mol. The van der Waals surface area contributed by atoms with Gasteiger partial charge in [0.2, 0.25) is 0 Å². The lowest BCUT2D eigenvalue weighted by molar-refractivity contribution is -0.164. The lowest BCUT2D eigenvalue weighted by Crippen LogP contribution is -2.48. The molecule has 0 radical (unpaired) electrons. The van der Waals surface area contributed by atoms with Gasteiger partial charge in [-0.2, -0.15) is 0 Å². The molecule has 25 heavy (non-hydrogen) atoms. The van der Waals surface area contributed by atoms with Crippen LogP contribution in [0, 0.1) is 0 Å². The maximum Gasteiger partial charge on any atom is 0.328 e. The third-order valence-corrected chi connectivity index (χ3v) is 4.43. The molecule has 0 amide bonds. The Morgan fingerprint density at radius 3 is 1.88 bits per heavy atom. The standard InChI is InChI=1S/C20H21BrO4/c1-3-24-18(22)20(19(23)25-4-2,14-15-8-6-5-7-9-15)16-10-12-17(21)13-11-16/h5-13H,3-4,14H2,1-2H3. The molecule has 0 bridgehead atoms. The molecule has 0 unspecified atom stereocenters. The summed E-state index contributed by atoms with van der Waals surface area (Å²) >= 11 is 3.38. The van der Waals surface area contributed by atoms with Crippen LogP contribution in [0.3, 0.4) is 0 Å². The molecule has 2 rings (SSSR count). The number of carbonyl (C=O) groups is 2.